The molecular formula is C6H11N4+. The summed E-state index contributed by atoms with van der Waals surface area (Å²) >= 11 is 0. The average Bonchev–Trinajstić information content (AvgIpc) is 2.59. The minimum absolute atomic E-state index is 0.869. The minimum atomic E-state index is 0.869. The fourth-order valence-corrected chi connectivity index (χ4v) is 1.27. The van der Waals surface area contributed by atoms with Gasteiger partial charge in [-0.15, -0.1) is 0 Å². The molecule has 0 unspecified atom stereocenters. The predicted octanol–water partition coefficient (Wildman–Crippen LogP) is 0.162. The van der Waals surface area contributed by atoms with Gasteiger partial charge in [0.05, 0.1) is 24.6 Å². The van der Waals surface area contributed by atoms with E-state index in [1.165, 1.54) is 6.42 Å². The van der Waals surface area contributed by atoms with Gasteiger partial charge in [-0.1, -0.05) is 5.11 Å². The van der Waals surface area contributed by atoms with E-state index in [1.807, 2.05) is 0 Å². The first kappa shape index (κ1) is 5.82. The van der Waals surface area contributed by atoms with Crippen LogP contribution in [0.3, 0.4) is 0 Å². The van der Waals surface area contributed by atoms with Crippen LogP contribution < -0.4 is 5.43 Å². The van der Waals surface area contributed by atoms with E-state index in [1.54, 1.807) is 0 Å². The molecule has 4 nitrogen and oxygen atoms in total. The largest absolute Gasteiger partial charge is 0.345 e. The molecule has 0 aromatic heterocycles. The van der Waals surface area contributed by atoms with Crippen LogP contribution in [0, 0.1) is 0 Å². The van der Waals surface area contributed by atoms with Crippen LogP contribution in [0.2, 0.25) is 0 Å². The fourth-order valence-electron chi connectivity index (χ4n) is 1.27. The molecule has 0 atom stereocenters. The lowest BCUT2D eigenvalue weighted by Gasteiger charge is -1.94. The first-order valence-corrected chi connectivity index (χ1v) is 3.71. The van der Waals surface area contributed by atoms with Crippen molar-refractivity contribution in [2.24, 2.45) is 10.2 Å². The molecule has 2 aliphatic heterocycles. The van der Waals surface area contributed by atoms with Crippen LogP contribution >= 0.6 is 0 Å². The number of amidine groups is 1. The van der Waals surface area contributed by atoms with Gasteiger partial charge in [0.15, 0.2) is 0 Å². The van der Waals surface area contributed by atoms with Gasteiger partial charge in [0.2, 0.25) is 0 Å². The summed E-state index contributed by atoms with van der Waals surface area (Å²) < 4.78 is 2.11. The number of hydrazine groups is 1. The highest BCUT2D eigenvalue weighted by Gasteiger charge is 2.21. The number of hydrogen-bond acceptors (Lipinski definition) is 2. The lowest BCUT2D eigenvalue weighted by molar-refractivity contribution is -0.566. The quantitative estimate of drug-likeness (QED) is 0.477. The van der Waals surface area contributed by atoms with Crippen LogP contribution in [0.15, 0.2) is 10.2 Å². The Kier molecular flexibility index (Phi) is 1.38. The number of nitrogens with zero attached hydrogens (tertiary/aromatic N) is 3. The van der Waals surface area contributed by atoms with Crippen molar-refractivity contribution in [2.45, 2.75) is 12.8 Å². The van der Waals surface area contributed by atoms with E-state index >= 15 is 0 Å². The third-order valence-corrected chi connectivity index (χ3v) is 1.79. The number of rotatable bonds is 0. The van der Waals surface area contributed by atoms with Crippen molar-refractivity contribution in [3.05, 3.63) is 0 Å². The van der Waals surface area contributed by atoms with E-state index in [0.717, 1.165) is 31.9 Å². The Morgan fingerprint density at radius 2 is 2.50 bits per heavy atom. The molecule has 2 rings (SSSR count). The summed E-state index contributed by atoms with van der Waals surface area (Å²) in [5, 5.41) is 7.94. The maximum absolute atomic E-state index is 4.02. The molecule has 1 N–H and O–H groups in total. The second-order valence-electron chi connectivity index (χ2n) is 2.54. The van der Waals surface area contributed by atoms with Gasteiger partial charge in [-0.2, -0.15) is 4.68 Å². The highest BCUT2D eigenvalue weighted by Crippen LogP contribution is 2.02. The molecule has 0 bridgehead atoms. The number of nitrogens with one attached hydrogen (secondary N) is 1. The zero-order chi connectivity index (χ0) is 6.81. The third kappa shape index (κ3) is 0.894. The fraction of sp³-hybridized carbons (Fsp3) is 0.833. The molecule has 1 fully saturated rings. The van der Waals surface area contributed by atoms with Crippen LogP contribution in [-0.2, 0) is 0 Å². The van der Waals surface area contributed by atoms with Crippen molar-refractivity contribution in [3.8, 4) is 0 Å². The maximum atomic E-state index is 4.02. The molecular weight excluding hydrogens is 128 g/mol. The van der Waals surface area contributed by atoms with E-state index in [2.05, 4.69) is 20.3 Å². The molecule has 0 aliphatic carbocycles. The lowest BCUT2D eigenvalue weighted by atomic mass is 10.4. The molecule has 0 spiro atoms. The average molecular weight is 139 g/mol. The molecule has 2 heterocycles. The van der Waals surface area contributed by atoms with E-state index in [0.29, 0.717) is 0 Å². The Bertz CT molecular complexity index is 186. The highest BCUT2D eigenvalue weighted by molar-refractivity contribution is 5.79. The molecule has 0 aromatic carbocycles. The first-order valence-electron chi connectivity index (χ1n) is 3.71. The van der Waals surface area contributed by atoms with Crippen LogP contribution in [0.25, 0.3) is 0 Å². The maximum Gasteiger partial charge on any atom is 0.345 e. The van der Waals surface area contributed by atoms with Crippen molar-refractivity contribution in [2.75, 3.05) is 19.6 Å². The van der Waals surface area contributed by atoms with Gasteiger partial charge in [-0.3, -0.25) is 5.43 Å². The minimum Gasteiger partial charge on any atom is -0.261 e. The van der Waals surface area contributed by atoms with E-state index in [-0.39, 0.29) is 0 Å². The van der Waals surface area contributed by atoms with Crippen LogP contribution in [0.5, 0.6) is 0 Å². The van der Waals surface area contributed by atoms with Crippen molar-refractivity contribution in [1.29, 1.82) is 0 Å². The first-order chi connectivity index (χ1) is 4.97. The molecule has 0 amide bonds. The SMILES string of the molecule is C1CN[N+](=C2CCN=N2)C1. The summed E-state index contributed by atoms with van der Waals surface area (Å²) in [6, 6.07) is 0. The lowest BCUT2D eigenvalue weighted by Crippen LogP contribution is -2.25. The van der Waals surface area contributed by atoms with Gasteiger partial charge >= 0.3 is 5.84 Å². The summed E-state index contributed by atoms with van der Waals surface area (Å²) in [5.74, 6) is 1.11. The monoisotopic (exact) mass is 139 g/mol. The van der Waals surface area contributed by atoms with Gasteiger partial charge in [-0.25, -0.2) is 0 Å². The van der Waals surface area contributed by atoms with Crippen molar-refractivity contribution < 1.29 is 4.68 Å². The summed E-state index contributed by atoms with van der Waals surface area (Å²) in [7, 11) is 0. The van der Waals surface area contributed by atoms with E-state index < -0.39 is 0 Å². The molecule has 54 valence electrons. The van der Waals surface area contributed by atoms with Crippen molar-refractivity contribution in [1.82, 2.24) is 5.43 Å². The van der Waals surface area contributed by atoms with Crippen LogP contribution in [0.4, 0.5) is 0 Å². The molecule has 0 saturated carbocycles. The second-order valence-corrected chi connectivity index (χ2v) is 2.54. The highest BCUT2D eigenvalue weighted by atomic mass is 15.5. The summed E-state index contributed by atoms with van der Waals surface area (Å²) in [4.78, 5) is 0. The zero-order valence-corrected chi connectivity index (χ0v) is 5.88. The zero-order valence-electron chi connectivity index (χ0n) is 5.88. The predicted molar refractivity (Wildman–Crippen MR) is 37.1 cm³/mol. The van der Waals surface area contributed by atoms with Crippen LogP contribution in [-0.4, -0.2) is 30.2 Å². The Morgan fingerprint density at radius 1 is 1.50 bits per heavy atom. The third-order valence-electron chi connectivity index (χ3n) is 1.79. The summed E-state index contributed by atoms with van der Waals surface area (Å²) in [6.07, 6.45) is 2.23. The molecule has 1 saturated heterocycles. The smallest absolute Gasteiger partial charge is 0.261 e. The Morgan fingerprint density at radius 3 is 3.10 bits per heavy atom. The van der Waals surface area contributed by atoms with Gasteiger partial charge in [-0.05, 0) is 0 Å². The van der Waals surface area contributed by atoms with E-state index in [9.17, 15) is 0 Å². The molecule has 10 heavy (non-hydrogen) atoms. The Balaban J connectivity index is 2.18. The molecule has 4 heteroatoms. The number of hydrogen-bond donors (Lipinski definition) is 1. The van der Waals surface area contributed by atoms with Gasteiger partial charge in [0, 0.05) is 6.42 Å². The molecule has 0 radical (unpaired) electrons. The van der Waals surface area contributed by atoms with Crippen molar-refractivity contribution >= 4 is 5.84 Å². The number of hydrazone groups is 1. The Hall–Kier alpha value is -0.930. The molecule has 2 aliphatic rings. The Labute approximate surface area is 59.6 Å². The number of azo groups is 1. The molecule has 0 aromatic rings. The van der Waals surface area contributed by atoms with Gasteiger partial charge < -0.3 is 0 Å². The summed E-state index contributed by atoms with van der Waals surface area (Å²) in [6.45, 7) is 3.04. The second kappa shape index (κ2) is 2.36. The topological polar surface area (TPSA) is 39.8 Å². The van der Waals surface area contributed by atoms with E-state index in [4.69, 9.17) is 0 Å². The standard InChI is InChI=1S/C6H11N4/c1-3-8-10(5-1)6-2-4-7-9-6/h8H,1-5H2/q+1. The van der Waals surface area contributed by atoms with Gasteiger partial charge in [0.25, 0.3) is 0 Å². The van der Waals surface area contributed by atoms with Gasteiger partial charge in [0.1, 0.15) is 6.54 Å². The normalized spacial score (nSPS) is 31.2. The van der Waals surface area contributed by atoms with Crippen LogP contribution in [0.1, 0.15) is 12.8 Å². The van der Waals surface area contributed by atoms with Crippen molar-refractivity contribution in [3.63, 3.8) is 0 Å². The summed E-state index contributed by atoms with van der Waals surface area (Å²) in [5.41, 5.74) is 3.24.